The number of benzene rings is 2. The Hall–Kier alpha value is -1.54. The molecule has 138 valence electrons. The van der Waals surface area contributed by atoms with Gasteiger partial charge in [0, 0.05) is 10.8 Å². The first-order chi connectivity index (χ1) is 12.5. The Balaban J connectivity index is 1.82. The Morgan fingerprint density at radius 1 is 1.19 bits per heavy atom. The van der Waals surface area contributed by atoms with E-state index >= 15 is 0 Å². The van der Waals surface area contributed by atoms with Gasteiger partial charge in [0.25, 0.3) is 0 Å². The molecule has 1 heterocycles. The van der Waals surface area contributed by atoms with Crippen LogP contribution >= 0.6 is 23.4 Å². The van der Waals surface area contributed by atoms with Gasteiger partial charge in [0.15, 0.2) is 5.16 Å². The monoisotopic (exact) mass is 409 g/mol. The summed E-state index contributed by atoms with van der Waals surface area (Å²) in [4.78, 5) is 4.70. The van der Waals surface area contributed by atoms with E-state index in [2.05, 4.69) is 21.4 Å². The van der Waals surface area contributed by atoms with Crippen molar-refractivity contribution in [2.45, 2.75) is 18.1 Å². The third kappa shape index (κ3) is 4.79. The molecule has 5 nitrogen and oxygen atoms in total. The van der Waals surface area contributed by atoms with Crippen molar-refractivity contribution in [2.24, 2.45) is 0 Å². The van der Waals surface area contributed by atoms with Crippen LogP contribution < -0.4 is 4.72 Å². The van der Waals surface area contributed by atoms with Crippen LogP contribution in [0.15, 0.2) is 53.7 Å². The summed E-state index contributed by atoms with van der Waals surface area (Å²) >= 11 is 7.67. The molecule has 3 rings (SSSR count). The molecule has 26 heavy (non-hydrogen) atoms. The van der Waals surface area contributed by atoms with Crippen molar-refractivity contribution in [3.05, 3.63) is 59.1 Å². The molecule has 0 saturated heterocycles. The van der Waals surface area contributed by atoms with Crippen LogP contribution in [-0.4, -0.2) is 36.5 Å². The van der Waals surface area contributed by atoms with Crippen LogP contribution in [0.4, 0.5) is 0 Å². The first-order valence-corrected chi connectivity index (χ1v) is 11.2. The molecule has 0 saturated carbocycles. The molecule has 0 bridgehead atoms. The van der Waals surface area contributed by atoms with Crippen molar-refractivity contribution < 1.29 is 8.42 Å². The fraction of sp³-hybridized carbons (Fsp3) is 0.278. The molecule has 0 unspecified atom stereocenters. The predicted octanol–water partition coefficient (Wildman–Crippen LogP) is 3.77. The Bertz CT molecular complexity index is 988. The van der Waals surface area contributed by atoms with E-state index in [4.69, 9.17) is 16.6 Å². The van der Waals surface area contributed by atoms with Crippen molar-refractivity contribution in [1.29, 1.82) is 0 Å². The summed E-state index contributed by atoms with van der Waals surface area (Å²) in [5.41, 5.74) is 3.05. The maximum absolute atomic E-state index is 11.5. The lowest BCUT2D eigenvalue weighted by atomic mass is 10.2. The highest BCUT2D eigenvalue weighted by molar-refractivity contribution is 7.99. The number of hydrogen-bond acceptors (Lipinski definition) is 4. The van der Waals surface area contributed by atoms with Crippen molar-refractivity contribution >= 4 is 44.4 Å². The fourth-order valence-electron chi connectivity index (χ4n) is 2.62. The average molecular weight is 410 g/mol. The number of thioether (sulfide) groups is 1. The van der Waals surface area contributed by atoms with E-state index in [1.54, 1.807) is 11.8 Å². The highest BCUT2D eigenvalue weighted by Crippen LogP contribution is 2.27. The number of nitrogens with zero attached hydrogens (tertiary/aromatic N) is 2. The quantitative estimate of drug-likeness (QED) is 0.454. The van der Waals surface area contributed by atoms with Gasteiger partial charge in [-0.25, -0.2) is 18.1 Å². The SMILES string of the molecule is CNS(=O)(=O)CCCSc1nc2cc(Cl)ccc2n1Cc1ccccc1. The fourth-order valence-corrected chi connectivity index (χ4v) is 4.65. The third-order valence-corrected chi connectivity index (χ3v) is 6.70. The van der Waals surface area contributed by atoms with Crippen molar-refractivity contribution in [3.63, 3.8) is 0 Å². The number of halogens is 1. The van der Waals surface area contributed by atoms with Crippen LogP contribution in [0.2, 0.25) is 5.02 Å². The Morgan fingerprint density at radius 2 is 1.96 bits per heavy atom. The molecule has 0 atom stereocenters. The van der Waals surface area contributed by atoms with Gasteiger partial charge in [0.1, 0.15) is 0 Å². The zero-order valence-corrected chi connectivity index (χ0v) is 16.7. The number of aromatic nitrogens is 2. The third-order valence-electron chi connectivity index (χ3n) is 3.96. The standard InChI is InChI=1S/C18H20ClN3O2S2/c1-20-26(23,24)11-5-10-25-18-21-16-12-15(19)8-9-17(16)22(18)13-14-6-3-2-4-7-14/h2-4,6-9,12,20H,5,10-11,13H2,1H3. The molecule has 0 spiro atoms. The Morgan fingerprint density at radius 3 is 2.69 bits per heavy atom. The number of nitrogens with one attached hydrogen (secondary N) is 1. The largest absolute Gasteiger partial charge is 0.314 e. The van der Waals surface area contributed by atoms with E-state index in [1.165, 1.54) is 12.6 Å². The topological polar surface area (TPSA) is 64.0 Å². The van der Waals surface area contributed by atoms with Crippen LogP contribution in [0.1, 0.15) is 12.0 Å². The van der Waals surface area contributed by atoms with E-state index in [1.807, 2.05) is 36.4 Å². The molecule has 0 amide bonds. The summed E-state index contributed by atoms with van der Waals surface area (Å²) < 4.78 is 27.6. The lowest BCUT2D eigenvalue weighted by Gasteiger charge is -2.09. The van der Waals surface area contributed by atoms with Gasteiger partial charge in [0.2, 0.25) is 10.0 Å². The molecular weight excluding hydrogens is 390 g/mol. The van der Waals surface area contributed by atoms with E-state index in [-0.39, 0.29) is 5.75 Å². The molecular formula is C18H20ClN3O2S2. The maximum Gasteiger partial charge on any atom is 0.211 e. The van der Waals surface area contributed by atoms with Gasteiger partial charge in [-0.3, -0.25) is 0 Å². The van der Waals surface area contributed by atoms with Crippen molar-refractivity contribution in [3.8, 4) is 0 Å². The normalized spacial score (nSPS) is 11.9. The number of imidazole rings is 1. The number of fused-ring (bicyclic) bond motifs is 1. The van der Waals surface area contributed by atoms with E-state index in [9.17, 15) is 8.42 Å². The maximum atomic E-state index is 11.5. The first-order valence-electron chi connectivity index (χ1n) is 8.22. The predicted molar refractivity (Wildman–Crippen MR) is 108 cm³/mol. The summed E-state index contributed by atoms with van der Waals surface area (Å²) in [5.74, 6) is 0.786. The molecule has 3 aromatic rings. The molecule has 0 aliphatic heterocycles. The van der Waals surface area contributed by atoms with Gasteiger partial charge in [-0.15, -0.1) is 0 Å². The van der Waals surface area contributed by atoms with Crippen LogP contribution in [0.5, 0.6) is 0 Å². The summed E-state index contributed by atoms with van der Waals surface area (Å²) in [6.07, 6.45) is 0.559. The first kappa shape index (κ1) is 19.2. The molecule has 2 aromatic carbocycles. The van der Waals surface area contributed by atoms with E-state index < -0.39 is 10.0 Å². The summed E-state index contributed by atoms with van der Waals surface area (Å²) in [6, 6.07) is 15.9. The van der Waals surface area contributed by atoms with Gasteiger partial charge in [-0.05, 0) is 37.2 Å². The number of sulfonamides is 1. The molecule has 0 radical (unpaired) electrons. The lowest BCUT2D eigenvalue weighted by molar-refractivity contribution is 0.587. The minimum Gasteiger partial charge on any atom is -0.314 e. The zero-order chi connectivity index (χ0) is 18.6. The van der Waals surface area contributed by atoms with Crippen molar-refractivity contribution in [2.75, 3.05) is 18.6 Å². The summed E-state index contributed by atoms with van der Waals surface area (Å²) in [7, 11) is -1.73. The van der Waals surface area contributed by atoms with Gasteiger partial charge in [-0.1, -0.05) is 53.7 Å². The molecule has 1 aromatic heterocycles. The van der Waals surface area contributed by atoms with Gasteiger partial charge in [0.05, 0.1) is 23.3 Å². The number of hydrogen-bond donors (Lipinski definition) is 1. The molecule has 1 N–H and O–H groups in total. The smallest absolute Gasteiger partial charge is 0.211 e. The van der Waals surface area contributed by atoms with E-state index in [0.29, 0.717) is 23.7 Å². The van der Waals surface area contributed by atoms with Gasteiger partial charge < -0.3 is 4.57 Å². The van der Waals surface area contributed by atoms with Crippen LogP contribution in [-0.2, 0) is 16.6 Å². The Labute approximate surface area is 162 Å². The highest BCUT2D eigenvalue weighted by atomic mass is 35.5. The zero-order valence-electron chi connectivity index (χ0n) is 14.4. The molecule has 0 aliphatic rings. The van der Waals surface area contributed by atoms with Crippen molar-refractivity contribution in [1.82, 2.24) is 14.3 Å². The van der Waals surface area contributed by atoms with Gasteiger partial charge in [-0.2, -0.15) is 0 Å². The second-order valence-electron chi connectivity index (χ2n) is 5.82. The highest BCUT2D eigenvalue weighted by Gasteiger charge is 2.13. The van der Waals surface area contributed by atoms with Gasteiger partial charge >= 0.3 is 0 Å². The second-order valence-corrected chi connectivity index (χ2v) is 9.37. The number of rotatable bonds is 8. The van der Waals surface area contributed by atoms with Crippen LogP contribution in [0, 0.1) is 0 Å². The van der Waals surface area contributed by atoms with Crippen LogP contribution in [0.25, 0.3) is 11.0 Å². The minimum absolute atomic E-state index is 0.112. The molecule has 0 aliphatic carbocycles. The Kier molecular flexibility index (Phi) is 6.24. The lowest BCUT2D eigenvalue weighted by Crippen LogP contribution is -2.22. The van der Waals surface area contributed by atoms with Crippen LogP contribution in [0.3, 0.4) is 0 Å². The minimum atomic E-state index is -3.17. The molecule has 0 fully saturated rings. The average Bonchev–Trinajstić information content (AvgIpc) is 2.96. The molecule has 8 heteroatoms. The summed E-state index contributed by atoms with van der Waals surface area (Å²) in [5, 5.41) is 1.52. The second kappa shape index (κ2) is 8.43. The summed E-state index contributed by atoms with van der Waals surface area (Å²) in [6.45, 7) is 0.704. The van der Waals surface area contributed by atoms with E-state index in [0.717, 1.165) is 16.2 Å².